The first-order valence-electron chi connectivity index (χ1n) is 8.72. The Morgan fingerprint density at radius 3 is 2.23 bits per heavy atom. The number of ketones is 1. The van der Waals surface area contributed by atoms with Gasteiger partial charge in [0.05, 0.1) is 11.6 Å². The molecule has 2 aromatic rings. The van der Waals surface area contributed by atoms with Gasteiger partial charge in [0.15, 0.2) is 5.78 Å². The number of benzene rings is 2. The van der Waals surface area contributed by atoms with Crippen LogP contribution in [0.4, 0.5) is 10.5 Å². The molecule has 1 saturated heterocycles. The lowest BCUT2D eigenvalue weighted by molar-refractivity contribution is 0.0857. The Kier molecular flexibility index (Phi) is 5.33. The van der Waals surface area contributed by atoms with Crippen molar-refractivity contribution in [2.75, 3.05) is 25.0 Å². The molecular weight excluding hydrogens is 326 g/mol. The number of likely N-dealkylation sites (tertiary alicyclic amines) is 1. The van der Waals surface area contributed by atoms with Crippen LogP contribution in [0, 0.1) is 17.2 Å². The monoisotopic (exact) mass is 347 g/mol. The highest BCUT2D eigenvalue weighted by molar-refractivity contribution is 5.98. The molecular formula is C21H21N3O2. The van der Waals surface area contributed by atoms with Crippen molar-refractivity contribution in [1.29, 1.82) is 5.26 Å². The van der Waals surface area contributed by atoms with E-state index in [4.69, 9.17) is 5.26 Å². The second-order valence-corrected chi connectivity index (χ2v) is 6.49. The fraction of sp³-hybridized carbons (Fsp3) is 0.286. The maximum Gasteiger partial charge on any atom is 0.324 e. The Balaban J connectivity index is 1.59. The van der Waals surface area contributed by atoms with Crippen LogP contribution in [-0.4, -0.2) is 36.9 Å². The van der Waals surface area contributed by atoms with Crippen LogP contribution in [0.2, 0.25) is 0 Å². The van der Waals surface area contributed by atoms with Crippen molar-refractivity contribution in [3.05, 3.63) is 65.7 Å². The fourth-order valence-corrected chi connectivity index (χ4v) is 3.25. The molecule has 2 amide bonds. The molecule has 0 bridgehead atoms. The normalized spacial score (nSPS) is 14.5. The van der Waals surface area contributed by atoms with Gasteiger partial charge in [0.25, 0.3) is 0 Å². The Labute approximate surface area is 153 Å². The Hall–Kier alpha value is -3.13. The van der Waals surface area contributed by atoms with Gasteiger partial charge >= 0.3 is 6.03 Å². The Morgan fingerprint density at radius 1 is 1.04 bits per heavy atom. The van der Waals surface area contributed by atoms with Gasteiger partial charge in [-0.1, -0.05) is 30.3 Å². The van der Waals surface area contributed by atoms with Gasteiger partial charge in [-0.05, 0) is 37.1 Å². The van der Waals surface area contributed by atoms with Gasteiger partial charge in [0.2, 0.25) is 0 Å². The van der Waals surface area contributed by atoms with Gasteiger partial charge in [0.1, 0.15) is 0 Å². The van der Waals surface area contributed by atoms with E-state index in [0.717, 1.165) is 11.3 Å². The van der Waals surface area contributed by atoms with Crippen LogP contribution >= 0.6 is 0 Å². The molecule has 5 nitrogen and oxygen atoms in total. The summed E-state index contributed by atoms with van der Waals surface area (Å²) in [4.78, 5) is 28.6. The first-order valence-corrected chi connectivity index (χ1v) is 8.72. The van der Waals surface area contributed by atoms with Crippen LogP contribution in [0.5, 0.6) is 0 Å². The fourth-order valence-electron chi connectivity index (χ4n) is 3.25. The first kappa shape index (κ1) is 17.7. The van der Waals surface area contributed by atoms with Crippen molar-refractivity contribution in [3.8, 4) is 6.07 Å². The lowest BCUT2D eigenvalue weighted by Gasteiger charge is -2.34. The number of carbonyl (C=O) groups is 2. The topological polar surface area (TPSA) is 64.4 Å². The predicted octanol–water partition coefficient (Wildman–Crippen LogP) is 3.71. The van der Waals surface area contributed by atoms with E-state index in [-0.39, 0.29) is 17.7 Å². The van der Waals surface area contributed by atoms with E-state index >= 15 is 0 Å². The van der Waals surface area contributed by atoms with Crippen molar-refractivity contribution in [3.63, 3.8) is 0 Å². The van der Waals surface area contributed by atoms with Gasteiger partial charge in [-0.15, -0.1) is 0 Å². The summed E-state index contributed by atoms with van der Waals surface area (Å²) in [6, 6.07) is 18.3. The van der Waals surface area contributed by atoms with Gasteiger partial charge in [-0.3, -0.25) is 9.69 Å². The number of Topliss-reactive ketones (excluding diaryl/α,β-unsaturated/α-hetero) is 1. The molecule has 26 heavy (non-hydrogen) atoms. The van der Waals surface area contributed by atoms with Gasteiger partial charge < -0.3 is 4.90 Å². The number of rotatable bonds is 3. The molecule has 1 heterocycles. The third-order valence-corrected chi connectivity index (χ3v) is 4.87. The van der Waals surface area contributed by atoms with E-state index in [1.54, 1.807) is 41.1 Å². The molecule has 1 fully saturated rings. The number of nitriles is 1. The van der Waals surface area contributed by atoms with Crippen LogP contribution in [0.15, 0.2) is 54.6 Å². The lowest BCUT2D eigenvalue weighted by Crippen LogP contribution is -2.46. The van der Waals surface area contributed by atoms with Gasteiger partial charge in [-0.2, -0.15) is 5.26 Å². The Bertz CT molecular complexity index is 817. The molecule has 0 N–H and O–H groups in total. The zero-order valence-electron chi connectivity index (χ0n) is 14.8. The molecule has 3 rings (SSSR count). The summed E-state index contributed by atoms with van der Waals surface area (Å²) in [5.74, 6) is 0.139. The molecule has 0 unspecified atom stereocenters. The number of urea groups is 1. The van der Waals surface area contributed by atoms with Crippen molar-refractivity contribution in [1.82, 2.24) is 4.90 Å². The summed E-state index contributed by atoms with van der Waals surface area (Å²) >= 11 is 0. The van der Waals surface area contributed by atoms with Crippen molar-refractivity contribution in [2.45, 2.75) is 12.8 Å². The summed E-state index contributed by atoms with van der Waals surface area (Å²) < 4.78 is 0. The molecule has 0 aromatic heterocycles. The van der Waals surface area contributed by atoms with Crippen LogP contribution < -0.4 is 4.90 Å². The maximum absolute atomic E-state index is 12.7. The standard InChI is InChI=1S/C21H21N3O2/c1-23(19-9-7-16(15-22)8-10-19)21(26)24-13-11-18(12-14-24)20(25)17-5-3-2-4-6-17/h2-10,18H,11-14H2,1H3. The highest BCUT2D eigenvalue weighted by Gasteiger charge is 2.29. The van der Waals surface area contributed by atoms with Gasteiger partial charge in [0, 0.05) is 37.3 Å². The third-order valence-electron chi connectivity index (χ3n) is 4.87. The van der Waals surface area contributed by atoms with E-state index in [2.05, 4.69) is 6.07 Å². The zero-order valence-corrected chi connectivity index (χ0v) is 14.8. The number of amides is 2. The van der Waals surface area contributed by atoms with Crippen molar-refractivity contribution in [2.24, 2.45) is 5.92 Å². The van der Waals surface area contributed by atoms with Crippen LogP contribution in [-0.2, 0) is 0 Å². The minimum atomic E-state index is -0.0830. The first-order chi connectivity index (χ1) is 12.6. The third kappa shape index (κ3) is 3.75. The quantitative estimate of drug-likeness (QED) is 0.795. The largest absolute Gasteiger partial charge is 0.324 e. The summed E-state index contributed by atoms with van der Waals surface area (Å²) in [5, 5.41) is 8.87. The predicted molar refractivity (Wildman–Crippen MR) is 100 cm³/mol. The molecule has 0 aliphatic carbocycles. The average Bonchev–Trinajstić information content (AvgIpc) is 2.73. The minimum absolute atomic E-state index is 0.0262. The molecule has 1 aliphatic heterocycles. The number of carbonyl (C=O) groups excluding carboxylic acids is 2. The number of hydrogen-bond donors (Lipinski definition) is 0. The molecule has 0 radical (unpaired) electrons. The second-order valence-electron chi connectivity index (χ2n) is 6.49. The van der Waals surface area contributed by atoms with E-state index in [9.17, 15) is 9.59 Å². The number of hydrogen-bond acceptors (Lipinski definition) is 3. The second kappa shape index (κ2) is 7.83. The SMILES string of the molecule is CN(C(=O)N1CCC(C(=O)c2ccccc2)CC1)c1ccc(C#N)cc1. The Morgan fingerprint density at radius 2 is 1.65 bits per heavy atom. The summed E-state index contributed by atoms with van der Waals surface area (Å²) in [7, 11) is 1.73. The smallest absolute Gasteiger partial charge is 0.324 e. The zero-order chi connectivity index (χ0) is 18.5. The number of anilines is 1. The summed E-state index contributed by atoms with van der Waals surface area (Å²) in [6.45, 7) is 1.14. The number of piperidine rings is 1. The van der Waals surface area contributed by atoms with Crippen molar-refractivity contribution < 1.29 is 9.59 Å². The van der Waals surface area contributed by atoms with E-state index < -0.39 is 0 Å². The number of nitrogens with zero attached hydrogens (tertiary/aromatic N) is 3. The maximum atomic E-state index is 12.7. The van der Waals surface area contributed by atoms with Crippen LogP contribution in [0.25, 0.3) is 0 Å². The van der Waals surface area contributed by atoms with Crippen LogP contribution in [0.1, 0.15) is 28.8 Å². The molecule has 2 aromatic carbocycles. The molecule has 5 heteroatoms. The minimum Gasteiger partial charge on any atom is -0.324 e. The van der Waals surface area contributed by atoms with E-state index in [1.807, 2.05) is 30.3 Å². The van der Waals surface area contributed by atoms with Gasteiger partial charge in [-0.25, -0.2) is 4.79 Å². The molecule has 1 aliphatic rings. The van der Waals surface area contributed by atoms with Crippen molar-refractivity contribution >= 4 is 17.5 Å². The molecule has 132 valence electrons. The molecule has 0 atom stereocenters. The summed E-state index contributed by atoms with van der Waals surface area (Å²) in [6.07, 6.45) is 1.36. The summed E-state index contributed by atoms with van der Waals surface area (Å²) in [5.41, 5.74) is 2.05. The average molecular weight is 347 g/mol. The highest BCUT2D eigenvalue weighted by atomic mass is 16.2. The van der Waals surface area contributed by atoms with E-state index in [1.165, 1.54) is 0 Å². The van der Waals surface area contributed by atoms with E-state index in [0.29, 0.717) is 31.5 Å². The lowest BCUT2D eigenvalue weighted by atomic mass is 9.89. The molecule has 0 spiro atoms. The van der Waals surface area contributed by atoms with Crippen LogP contribution in [0.3, 0.4) is 0 Å². The molecule has 0 saturated carbocycles. The highest BCUT2D eigenvalue weighted by Crippen LogP contribution is 2.23.